The first-order valence-electron chi connectivity index (χ1n) is 23.7. The van der Waals surface area contributed by atoms with Crippen molar-refractivity contribution in [2.24, 2.45) is 0 Å². The Hall–Kier alpha value is -4.19. The standard InChI is InChI=1S/C54H84O6/c1-4-7-10-13-16-19-22-24-25-26-27-28-30-32-35-38-41-44-47-53(56)59-50-51(49-58-52(55)46-43-40-37-34-31-21-18-15-12-9-6-3)60-54(57)48-45-42-39-36-33-29-23-20-17-14-11-8-5-2/h8,11,14-29,31,33,51H,4-7,9-10,12-13,30,32,34-50H2,1-3H3/b11-8-,17-14-,18-15-,19-16-,23-20-,24-22-,26-25-,28-27-,31-21-,33-29-. The molecule has 0 aliphatic carbocycles. The van der Waals surface area contributed by atoms with E-state index < -0.39 is 6.10 Å². The molecule has 0 rings (SSSR count). The van der Waals surface area contributed by atoms with Gasteiger partial charge in [0.15, 0.2) is 6.10 Å². The molecule has 0 aromatic heterocycles. The Bertz CT molecular complexity index is 1320. The Morgan fingerprint density at radius 1 is 0.350 bits per heavy atom. The van der Waals surface area contributed by atoms with Crippen LogP contribution in [0.5, 0.6) is 0 Å². The van der Waals surface area contributed by atoms with Gasteiger partial charge in [-0.15, -0.1) is 0 Å². The van der Waals surface area contributed by atoms with Gasteiger partial charge in [0, 0.05) is 19.3 Å². The molecule has 0 N–H and O–H groups in total. The maximum absolute atomic E-state index is 12.7. The number of allylic oxidation sites excluding steroid dienone is 20. The van der Waals surface area contributed by atoms with Gasteiger partial charge >= 0.3 is 17.9 Å². The van der Waals surface area contributed by atoms with Crippen LogP contribution in [0.3, 0.4) is 0 Å². The van der Waals surface area contributed by atoms with E-state index in [1.165, 1.54) is 32.1 Å². The van der Waals surface area contributed by atoms with Crippen LogP contribution in [0.4, 0.5) is 0 Å². The Kier molecular flexibility index (Phi) is 44.2. The van der Waals surface area contributed by atoms with Crippen LogP contribution in [0, 0.1) is 0 Å². The Morgan fingerprint density at radius 3 is 1.10 bits per heavy atom. The van der Waals surface area contributed by atoms with E-state index >= 15 is 0 Å². The molecule has 6 heteroatoms. The van der Waals surface area contributed by atoms with Crippen LogP contribution in [0.2, 0.25) is 0 Å². The summed E-state index contributed by atoms with van der Waals surface area (Å²) in [7, 11) is 0. The molecule has 0 aromatic rings. The van der Waals surface area contributed by atoms with Crippen molar-refractivity contribution in [3.05, 3.63) is 122 Å². The Labute approximate surface area is 367 Å². The third-order valence-corrected chi connectivity index (χ3v) is 9.39. The number of carbonyl (C=O) groups is 3. The molecule has 0 saturated carbocycles. The fourth-order valence-corrected chi connectivity index (χ4v) is 5.79. The lowest BCUT2D eigenvalue weighted by Crippen LogP contribution is -2.30. The minimum Gasteiger partial charge on any atom is -0.462 e. The summed E-state index contributed by atoms with van der Waals surface area (Å²) in [4.78, 5) is 37.8. The number of carbonyl (C=O) groups excluding carboxylic acids is 3. The van der Waals surface area contributed by atoms with E-state index in [0.29, 0.717) is 19.3 Å². The molecule has 0 saturated heterocycles. The zero-order chi connectivity index (χ0) is 43.7. The smallest absolute Gasteiger partial charge is 0.306 e. The highest BCUT2D eigenvalue weighted by atomic mass is 16.6. The number of esters is 3. The lowest BCUT2D eigenvalue weighted by molar-refractivity contribution is -0.167. The van der Waals surface area contributed by atoms with Crippen LogP contribution in [-0.4, -0.2) is 37.2 Å². The molecule has 1 unspecified atom stereocenters. The number of hydrogen-bond donors (Lipinski definition) is 0. The van der Waals surface area contributed by atoms with E-state index in [2.05, 4.69) is 106 Å². The number of ether oxygens (including phenoxy) is 3. The lowest BCUT2D eigenvalue weighted by atomic mass is 10.1. The summed E-state index contributed by atoms with van der Waals surface area (Å²) in [6, 6.07) is 0. The van der Waals surface area contributed by atoms with Gasteiger partial charge in [-0.1, -0.05) is 200 Å². The minimum atomic E-state index is -0.821. The summed E-state index contributed by atoms with van der Waals surface area (Å²) < 4.78 is 16.6. The Morgan fingerprint density at radius 2 is 0.667 bits per heavy atom. The molecule has 0 amide bonds. The molecule has 0 aromatic carbocycles. The zero-order valence-electron chi connectivity index (χ0n) is 38.2. The van der Waals surface area contributed by atoms with Gasteiger partial charge < -0.3 is 14.2 Å². The lowest BCUT2D eigenvalue weighted by Gasteiger charge is -2.18. The van der Waals surface area contributed by atoms with E-state index in [-0.39, 0.29) is 37.5 Å². The van der Waals surface area contributed by atoms with Gasteiger partial charge in [-0.25, -0.2) is 0 Å². The van der Waals surface area contributed by atoms with Gasteiger partial charge in [-0.05, 0) is 83.5 Å². The predicted octanol–water partition coefficient (Wildman–Crippen LogP) is 15.4. The van der Waals surface area contributed by atoms with Crippen molar-refractivity contribution in [1.82, 2.24) is 0 Å². The average molecular weight is 829 g/mol. The van der Waals surface area contributed by atoms with E-state index in [1.807, 2.05) is 36.5 Å². The molecule has 0 fully saturated rings. The third kappa shape index (κ3) is 44.9. The number of hydrogen-bond acceptors (Lipinski definition) is 6. The van der Waals surface area contributed by atoms with Gasteiger partial charge in [0.25, 0.3) is 0 Å². The Balaban J connectivity index is 4.54. The van der Waals surface area contributed by atoms with E-state index in [9.17, 15) is 14.4 Å². The van der Waals surface area contributed by atoms with Gasteiger partial charge in [0.05, 0.1) is 0 Å². The summed E-state index contributed by atoms with van der Waals surface area (Å²) in [5, 5.41) is 0. The molecular formula is C54H84O6. The van der Waals surface area contributed by atoms with Crippen molar-refractivity contribution < 1.29 is 28.6 Å². The van der Waals surface area contributed by atoms with Crippen molar-refractivity contribution in [3.63, 3.8) is 0 Å². The van der Waals surface area contributed by atoms with Crippen LogP contribution in [-0.2, 0) is 28.6 Å². The highest BCUT2D eigenvalue weighted by Gasteiger charge is 2.19. The molecule has 0 spiro atoms. The van der Waals surface area contributed by atoms with Gasteiger partial charge in [-0.2, -0.15) is 0 Å². The normalized spacial score (nSPS) is 13.2. The predicted molar refractivity (Wildman–Crippen MR) is 256 cm³/mol. The summed E-state index contributed by atoms with van der Waals surface area (Å²) in [6.45, 7) is 6.29. The molecule has 6 nitrogen and oxygen atoms in total. The van der Waals surface area contributed by atoms with Crippen molar-refractivity contribution in [1.29, 1.82) is 0 Å². The van der Waals surface area contributed by atoms with Crippen molar-refractivity contribution >= 4 is 17.9 Å². The highest BCUT2D eigenvalue weighted by molar-refractivity contribution is 5.71. The summed E-state index contributed by atoms with van der Waals surface area (Å²) >= 11 is 0. The van der Waals surface area contributed by atoms with E-state index in [0.717, 1.165) is 103 Å². The fraction of sp³-hybridized carbons (Fsp3) is 0.574. The zero-order valence-corrected chi connectivity index (χ0v) is 38.2. The quantitative estimate of drug-likeness (QED) is 0.0265. The second kappa shape index (κ2) is 47.5. The van der Waals surface area contributed by atoms with Crippen molar-refractivity contribution in [3.8, 4) is 0 Å². The number of unbranched alkanes of at least 4 members (excludes halogenated alkanes) is 16. The van der Waals surface area contributed by atoms with Crippen molar-refractivity contribution in [2.75, 3.05) is 13.2 Å². The average Bonchev–Trinajstić information content (AvgIpc) is 3.24. The second-order valence-electron chi connectivity index (χ2n) is 15.1. The largest absolute Gasteiger partial charge is 0.462 e. The fourth-order valence-electron chi connectivity index (χ4n) is 5.79. The molecule has 0 heterocycles. The molecule has 0 aliphatic rings. The first-order valence-corrected chi connectivity index (χ1v) is 23.7. The van der Waals surface area contributed by atoms with E-state index in [1.54, 1.807) is 0 Å². The summed E-state index contributed by atoms with van der Waals surface area (Å²) in [5.41, 5.74) is 0. The minimum absolute atomic E-state index is 0.119. The van der Waals surface area contributed by atoms with Crippen LogP contribution in [0.1, 0.15) is 181 Å². The SMILES string of the molecule is CC\C=C/C=C\C=C/C=C\CCCCCC(=O)OC(COC(=O)CCCCC/C=C\C=C/CCCC)COC(=O)CCCCCCC\C=C/C=C\C=C/C=C\CCCCC. The first-order chi connectivity index (χ1) is 29.5. The summed E-state index contributed by atoms with van der Waals surface area (Å²) in [6.07, 6.45) is 64.6. The second-order valence-corrected chi connectivity index (χ2v) is 15.1. The van der Waals surface area contributed by atoms with E-state index in [4.69, 9.17) is 14.2 Å². The molecule has 0 bridgehead atoms. The van der Waals surface area contributed by atoms with Gasteiger partial charge in [0.2, 0.25) is 0 Å². The van der Waals surface area contributed by atoms with Crippen molar-refractivity contribution in [2.45, 2.75) is 187 Å². The van der Waals surface area contributed by atoms with Crippen LogP contribution in [0.25, 0.3) is 0 Å². The first kappa shape index (κ1) is 55.8. The molecule has 0 radical (unpaired) electrons. The molecule has 0 aliphatic heterocycles. The molecule has 1 atom stereocenters. The van der Waals surface area contributed by atoms with Gasteiger partial charge in [0.1, 0.15) is 13.2 Å². The topological polar surface area (TPSA) is 78.9 Å². The maximum atomic E-state index is 12.7. The highest BCUT2D eigenvalue weighted by Crippen LogP contribution is 2.11. The molecule has 60 heavy (non-hydrogen) atoms. The number of rotatable bonds is 40. The van der Waals surface area contributed by atoms with Crippen LogP contribution >= 0.6 is 0 Å². The maximum Gasteiger partial charge on any atom is 0.306 e. The molecular weight excluding hydrogens is 745 g/mol. The summed E-state index contributed by atoms with van der Waals surface area (Å²) in [5.74, 6) is -1.02. The van der Waals surface area contributed by atoms with Crippen LogP contribution in [0.15, 0.2) is 122 Å². The third-order valence-electron chi connectivity index (χ3n) is 9.39. The monoisotopic (exact) mass is 829 g/mol. The molecule has 336 valence electrons. The van der Waals surface area contributed by atoms with Crippen LogP contribution < -0.4 is 0 Å². The van der Waals surface area contributed by atoms with Gasteiger partial charge in [-0.3, -0.25) is 14.4 Å².